The molecule has 0 bridgehead atoms. The predicted molar refractivity (Wildman–Crippen MR) is 112 cm³/mol. The van der Waals surface area contributed by atoms with E-state index in [-0.39, 0.29) is 11.8 Å². The summed E-state index contributed by atoms with van der Waals surface area (Å²) in [5.74, 6) is 0.780. The van der Waals surface area contributed by atoms with E-state index in [9.17, 15) is 9.90 Å². The molecule has 2 aromatic carbocycles. The Morgan fingerprint density at radius 1 is 1.14 bits per heavy atom. The van der Waals surface area contributed by atoms with Gasteiger partial charge in [0.15, 0.2) is 0 Å². The number of amides is 1. The van der Waals surface area contributed by atoms with Crippen LogP contribution >= 0.6 is 0 Å². The highest BCUT2D eigenvalue weighted by atomic mass is 16.3. The molecule has 1 aliphatic carbocycles. The maximum absolute atomic E-state index is 13.4. The smallest absolute Gasteiger partial charge is 0.254 e. The maximum Gasteiger partial charge on any atom is 0.254 e. The number of fused-ring (bicyclic) bond motifs is 1. The quantitative estimate of drug-likeness (QED) is 0.846. The molecule has 2 aliphatic rings. The maximum atomic E-state index is 13.4. The summed E-state index contributed by atoms with van der Waals surface area (Å²) in [7, 11) is 0. The van der Waals surface area contributed by atoms with E-state index in [1.165, 1.54) is 11.1 Å². The fourth-order valence-corrected chi connectivity index (χ4v) is 5.21. The first-order chi connectivity index (χ1) is 13.5. The zero-order valence-corrected chi connectivity index (χ0v) is 17.0. The largest absolute Gasteiger partial charge is 0.390 e. The minimum absolute atomic E-state index is 0.121. The first kappa shape index (κ1) is 19.2. The molecule has 148 valence electrons. The summed E-state index contributed by atoms with van der Waals surface area (Å²) in [6.07, 6.45) is 4.61. The van der Waals surface area contributed by atoms with Crippen LogP contribution in [-0.2, 0) is 6.42 Å². The third kappa shape index (κ3) is 3.60. The second kappa shape index (κ2) is 7.71. The van der Waals surface area contributed by atoms with Crippen molar-refractivity contribution in [2.24, 2.45) is 11.8 Å². The van der Waals surface area contributed by atoms with Crippen molar-refractivity contribution < 1.29 is 9.90 Å². The van der Waals surface area contributed by atoms with Crippen LogP contribution in [0.5, 0.6) is 0 Å². The van der Waals surface area contributed by atoms with Crippen LogP contribution in [0.3, 0.4) is 0 Å². The van der Waals surface area contributed by atoms with Crippen LogP contribution in [0, 0.1) is 18.8 Å². The number of aryl methyl sites for hydroxylation is 1. The number of likely N-dealkylation sites (tertiary alicyclic amines) is 1. The zero-order chi connectivity index (χ0) is 19.7. The summed E-state index contributed by atoms with van der Waals surface area (Å²) < 4.78 is 0. The van der Waals surface area contributed by atoms with Crippen LogP contribution in [0.4, 0.5) is 0 Å². The van der Waals surface area contributed by atoms with Gasteiger partial charge in [-0.25, -0.2) is 0 Å². The monoisotopic (exact) mass is 377 g/mol. The van der Waals surface area contributed by atoms with E-state index < -0.39 is 5.60 Å². The number of hydrogen-bond donors (Lipinski definition) is 1. The second-order valence-corrected chi connectivity index (χ2v) is 8.75. The van der Waals surface area contributed by atoms with Crippen molar-refractivity contribution in [3.05, 3.63) is 70.8 Å². The molecule has 28 heavy (non-hydrogen) atoms. The number of hydrogen-bond acceptors (Lipinski definition) is 2. The lowest BCUT2D eigenvalue weighted by atomic mass is 9.69. The fourth-order valence-electron chi connectivity index (χ4n) is 5.21. The van der Waals surface area contributed by atoms with E-state index in [0.717, 1.165) is 49.8 Å². The molecule has 1 aliphatic heterocycles. The SMILES string of the molecule is CC[C@]1(O)CCC[C@H]2CN(C(=O)c3ccccc3Cc3ccc(C)cc3)C[C@H]21. The van der Waals surface area contributed by atoms with Gasteiger partial charge in [-0.2, -0.15) is 0 Å². The molecule has 4 rings (SSSR count). The van der Waals surface area contributed by atoms with E-state index in [0.29, 0.717) is 12.5 Å². The van der Waals surface area contributed by atoms with Crippen molar-refractivity contribution in [2.75, 3.05) is 13.1 Å². The van der Waals surface area contributed by atoms with Gasteiger partial charge in [-0.1, -0.05) is 61.4 Å². The molecule has 0 aromatic heterocycles. The average Bonchev–Trinajstić information content (AvgIpc) is 3.16. The number of aliphatic hydroxyl groups is 1. The predicted octanol–water partition coefficient (Wildman–Crippen LogP) is 4.60. The summed E-state index contributed by atoms with van der Waals surface area (Å²) in [5.41, 5.74) is 3.76. The van der Waals surface area contributed by atoms with Crippen molar-refractivity contribution >= 4 is 5.91 Å². The normalized spacial score (nSPS) is 26.9. The number of carbonyl (C=O) groups excluding carboxylic acids is 1. The first-order valence-electron chi connectivity index (χ1n) is 10.7. The van der Waals surface area contributed by atoms with Crippen molar-refractivity contribution in [1.82, 2.24) is 4.90 Å². The number of rotatable bonds is 4. The third-order valence-corrected chi connectivity index (χ3v) is 6.98. The molecule has 1 N–H and O–H groups in total. The Hall–Kier alpha value is -2.13. The minimum atomic E-state index is -0.598. The van der Waals surface area contributed by atoms with E-state index >= 15 is 0 Å². The highest BCUT2D eigenvalue weighted by Crippen LogP contribution is 2.44. The molecule has 3 heteroatoms. The lowest BCUT2D eigenvalue weighted by molar-refractivity contribution is -0.0609. The van der Waals surface area contributed by atoms with Gasteiger partial charge in [0, 0.05) is 24.6 Å². The molecule has 1 saturated heterocycles. The summed E-state index contributed by atoms with van der Waals surface area (Å²) >= 11 is 0. The van der Waals surface area contributed by atoms with E-state index in [1.807, 2.05) is 23.1 Å². The molecule has 1 amide bonds. The Labute approximate surface area is 168 Å². The Balaban J connectivity index is 1.55. The van der Waals surface area contributed by atoms with Crippen molar-refractivity contribution in [2.45, 2.75) is 51.6 Å². The van der Waals surface area contributed by atoms with Crippen LogP contribution in [0.2, 0.25) is 0 Å². The average molecular weight is 378 g/mol. The Kier molecular flexibility index (Phi) is 5.29. The van der Waals surface area contributed by atoms with Crippen LogP contribution in [0.1, 0.15) is 59.7 Å². The van der Waals surface area contributed by atoms with Crippen molar-refractivity contribution in [1.29, 1.82) is 0 Å². The van der Waals surface area contributed by atoms with Crippen LogP contribution in [0.15, 0.2) is 48.5 Å². The van der Waals surface area contributed by atoms with Crippen LogP contribution in [-0.4, -0.2) is 34.6 Å². The van der Waals surface area contributed by atoms with E-state index in [1.54, 1.807) is 0 Å². The highest BCUT2D eigenvalue weighted by molar-refractivity contribution is 5.96. The number of carbonyl (C=O) groups is 1. The molecular weight excluding hydrogens is 346 g/mol. The van der Waals surface area contributed by atoms with Gasteiger partial charge < -0.3 is 10.0 Å². The lowest BCUT2D eigenvalue weighted by Crippen LogP contribution is -2.44. The minimum Gasteiger partial charge on any atom is -0.390 e. The Morgan fingerprint density at radius 3 is 2.64 bits per heavy atom. The summed E-state index contributed by atoms with van der Waals surface area (Å²) in [4.78, 5) is 15.4. The van der Waals surface area contributed by atoms with Gasteiger partial charge in [-0.3, -0.25) is 4.79 Å². The molecule has 1 heterocycles. The van der Waals surface area contributed by atoms with Gasteiger partial charge in [0.2, 0.25) is 0 Å². The molecule has 0 radical (unpaired) electrons. The first-order valence-corrected chi connectivity index (χ1v) is 10.7. The molecule has 0 spiro atoms. The second-order valence-electron chi connectivity index (χ2n) is 8.75. The van der Waals surface area contributed by atoms with Crippen molar-refractivity contribution in [3.63, 3.8) is 0 Å². The third-order valence-electron chi connectivity index (χ3n) is 6.98. The van der Waals surface area contributed by atoms with Crippen LogP contribution in [0.25, 0.3) is 0 Å². The molecule has 0 unspecified atom stereocenters. The van der Waals surface area contributed by atoms with Gasteiger partial charge in [0.1, 0.15) is 0 Å². The Bertz CT molecular complexity index is 844. The summed E-state index contributed by atoms with van der Waals surface area (Å²) in [6.45, 7) is 5.63. The van der Waals surface area contributed by atoms with E-state index in [2.05, 4.69) is 44.2 Å². The standard InChI is InChI=1S/C25H31NO2/c1-3-25(28)14-6-8-21-16-26(17-23(21)25)24(27)22-9-5-4-7-20(22)15-19-12-10-18(2)11-13-19/h4-5,7,9-13,21,23,28H,3,6,8,14-17H2,1-2H3/t21-,23+,25-/m0/s1. The summed E-state index contributed by atoms with van der Waals surface area (Å²) in [5, 5.41) is 11.1. The highest BCUT2D eigenvalue weighted by Gasteiger charge is 2.48. The van der Waals surface area contributed by atoms with Gasteiger partial charge >= 0.3 is 0 Å². The Morgan fingerprint density at radius 2 is 1.89 bits per heavy atom. The zero-order valence-electron chi connectivity index (χ0n) is 17.0. The molecule has 1 saturated carbocycles. The van der Waals surface area contributed by atoms with Crippen molar-refractivity contribution in [3.8, 4) is 0 Å². The van der Waals surface area contributed by atoms with E-state index in [4.69, 9.17) is 0 Å². The summed E-state index contributed by atoms with van der Waals surface area (Å²) in [6, 6.07) is 16.5. The lowest BCUT2D eigenvalue weighted by Gasteiger charge is -2.40. The van der Waals surface area contributed by atoms with Gasteiger partial charge in [-0.05, 0) is 55.7 Å². The van der Waals surface area contributed by atoms with Gasteiger partial charge in [-0.15, -0.1) is 0 Å². The molecule has 3 atom stereocenters. The molecule has 2 aromatic rings. The van der Waals surface area contributed by atoms with Crippen LogP contribution < -0.4 is 0 Å². The molecule has 3 nitrogen and oxygen atoms in total. The topological polar surface area (TPSA) is 40.5 Å². The number of nitrogens with zero attached hydrogens (tertiary/aromatic N) is 1. The number of benzene rings is 2. The van der Waals surface area contributed by atoms with Gasteiger partial charge in [0.25, 0.3) is 5.91 Å². The van der Waals surface area contributed by atoms with Gasteiger partial charge in [0.05, 0.1) is 5.60 Å². The fraction of sp³-hybridized carbons (Fsp3) is 0.480. The molecule has 2 fully saturated rings. The molecular formula is C25H31NO2.